The second-order valence-electron chi connectivity index (χ2n) is 11.1. The molecule has 1 saturated carbocycles. The van der Waals surface area contributed by atoms with Gasteiger partial charge in [-0.1, -0.05) is 0 Å². The Balaban J connectivity index is 1.22. The zero-order chi connectivity index (χ0) is 26.9. The summed E-state index contributed by atoms with van der Waals surface area (Å²) in [6.45, 7) is 8.64. The molecule has 3 heterocycles. The van der Waals surface area contributed by atoms with Gasteiger partial charge >= 0.3 is 0 Å². The topological polar surface area (TPSA) is 96.2 Å². The predicted octanol–water partition coefficient (Wildman–Crippen LogP) is 3.99. The largest absolute Gasteiger partial charge is 0.497 e. The van der Waals surface area contributed by atoms with Gasteiger partial charge in [0.1, 0.15) is 12.0 Å². The average Bonchev–Trinajstić information content (AvgIpc) is 3.38. The van der Waals surface area contributed by atoms with Crippen molar-refractivity contribution in [3.05, 3.63) is 41.1 Å². The van der Waals surface area contributed by atoms with Gasteiger partial charge in [-0.2, -0.15) is 4.31 Å². The van der Waals surface area contributed by atoms with E-state index in [1.165, 1.54) is 49.5 Å². The number of amides is 1. The number of hydrogen-bond donors (Lipinski definition) is 0. The summed E-state index contributed by atoms with van der Waals surface area (Å²) in [6, 6.07) is 3.39. The van der Waals surface area contributed by atoms with Crippen molar-refractivity contribution < 1.29 is 22.4 Å². The van der Waals surface area contributed by atoms with Crippen molar-refractivity contribution >= 4 is 15.9 Å². The highest BCUT2D eigenvalue weighted by atomic mass is 32.2. The van der Waals surface area contributed by atoms with Crippen molar-refractivity contribution in [2.75, 3.05) is 39.8 Å². The van der Waals surface area contributed by atoms with E-state index >= 15 is 0 Å². The number of methoxy groups -OCH3 is 1. The second kappa shape index (κ2) is 11.4. The first-order chi connectivity index (χ1) is 18.3. The molecular weight excluding hydrogens is 504 g/mol. The third kappa shape index (κ3) is 5.92. The summed E-state index contributed by atoms with van der Waals surface area (Å²) in [5.74, 6) is 1.40. The molecule has 0 bridgehead atoms. The minimum Gasteiger partial charge on any atom is -0.497 e. The molecule has 9 nitrogen and oxygen atoms in total. The van der Waals surface area contributed by atoms with Crippen molar-refractivity contribution in [2.45, 2.75) is 76.3 Å². The monoisotopic (exact) mass is 544 g/mol. The highest BCUT2D eigenvalue weighted by molar-refractivity contribution is 7.89. The van der Waals surface area contributed by atoms with Crippen molar-refractivity contribution in [2.24, 2.45) is 5.92 Å². The maximum Gasteiger partial charge on any atom is 0.275 e. The van der Waals surface area contributed by atoms with E-state index < -0.39 is 10.0 Å². The summed E-state index contributed by atoms with van der Waals surface area (Å²) in [7, 11) is -2.23. The molecule has 2 aromatic rings. The number of likely N-dealkylation sites (tertiary alicyclic amines) is 2. The van der Waals surface area contributed by atoms with E-state index in [0.29, 0.717) is 27.7 Å². The summed E-state index contributed by atoms with van der Waals surface area (Å²) >= 11 is 0. The Morgan fingerprint density at radius 3 is 2.34 bits per heavy atom. The molecule has 0 radical (unpaired) electrons. The molecule has 0 spiro atoms. The van der Waals surface area contributed by atoms with E-state index in [0.717, 1.165) is 38.8 Å². The summed E-state index contributed by atoms with van der Waals surface area (Å²) < 4.78 is 39.9. The number of aryl methyl sites for hydroxylation is 2. The number of aromatic nitrogens is 1. The van der Waals surface area contributed by atoms with Gasteiger partial charge in [0.05, 0.1) is 18.6 Å². The molecule has 3 fully saturated rings. The number of rotatable bonds is 10. The fraction of sp³-hybridized carbons (Fsp3) is 0.643. The number of ether oxygens (including phenoxy) is 1. The number of carbonyl (C=O) groups excluding carboxylic acids is 1. The van der Waals surface area contributed by atoms with Crippen LogP contribution in [0.3, 0.4) is 0 Å². The molecule has 1 amide bonds. The van der Waals surface area contributed by atoms with E-state index in [1.54, 1.807) is 33.1 Å². The lowest BCUT2D eigenvalue weighted by Crippen LogP contribution is -2.39. The van der Waals surface area contributed by atoms with Crippen LogP contribution in [0.5, 0.6) is 5.75 Å². The number of benzene rings is 1. The van der Waals surface area contributed by atoms with Gasteiger partial charge in [-0.05, 0) is 108 Å². The Bertz CT molecular complexity index is 1220. The quantitative estimate of drug-likeness (QED) is 0.446. The normalized spacial score (nSPS) is 19.4. The molecule has 1 aromatic carbocycles. The maximum absolute atomic E-state index is 13.8. The summed E-state index contributed by atoms with van der Waals surface area (Å²) in [5.41, 5.74) is 1.53. The Kier molecular flexibility index (Phi) is 8.11. The molecule has 1 aromatic heterocycles. The Morgan fingerprint density at radius 1 is 1.08 bits per heavy atom. The third-order valence-electron chi connectivity index (χ3n) is 8.21. The fourth-order valence-corrected chi connectivity index (χ4v) is 7.95. The molecule has 10 heteroatoms. The molecular formula is C28H40N4O5S. The van der Waals surface area contributed by atoms with Gasteiger partial charge in [0.2, 0.25) is 15.9 Å². The highest BCUT2D eigenvalue weighted by Gasteiger charge is 2.40. The summed E-state index contributed by atoms with van der Waals surface area (Å²) in [6.07, 6.45) is 8.83. The lowest BCUT2D eigenvalue weighted by Gasteiger charge is -2.32. The Labute approximate surface area is 226 Å². The number of sulfonamides is 1. The number of nitrogens with zero attached hydrogens (tertiary/aromatic N) is 4. The van der Waals surface area contributed by atoms with Crippen LogP contribution < -0.4 is 4.74 Å². The van der Waals surface area contributed by atoms with Crippen molar-refractivity contribution in [3.63, 3.8) is 0 Å². The van der Waals surface area contributed by atoms with E-state index in [4.69, 9.17) is 9.15 Å². The van der Waals surface area contributed by atoms with E-state index in [9.17, 15) is 13.2 Å². The van der Waals surface area contributed by atoms with Crippen LogP contribution in [-0.2, 0) is 16.6 Å². The maximum atomic E-state index is 13.8. The molecule has 2 aliphatic heterocycles. The Morgan fingerprint density at radius 2 is 1.74 bits per heavy atom. The third-order valence-corrected chi connectivity index (χ3v) is 10.4. The number of piperidine rings is 1. The summed E-state index contributed by atoms with van der Waals surface area (Å²) in [5, 5.41) is 0. The zero-order valence-electron chi connectivity index (χ0n) is 22.8. The van der Waals surface area contributed by atoms with Crippen molar-refractivity contribution in [3.8, 4) is 5.75 Å². The van der Waals surface area contributed by atoms with Crippen LogP contribution >= 0.6 is 0 Å². The van der Waals surface area contributed by atoms with Crippen LogP contribution in [0.15, 0.2) is 27.7 Å². The van der Waals surface area contributed by atoms with E-state index in [1.807, 2.05) is 4.90 Å². The minimum atomic E-state index is -3.79. The predicted molar refractivity (Wildman–Crippen MR) is 144 cm³/mol. The average molecular weight is 545 g/mol. The van der Waals surface area contributed by atoms with Gasteiger partial charge in [0.25, 0.3) is 5.91 Å². The molecule has 0 unspecified atom stereocenters. The zero-order valence-corrected chi connectivity index (χ0v) is 23.6. The van der Waals surface area contributed by atoms with Gasteiger partial charge in [0, 0.05) is 19.1 Å². The molecule has 5 rings (SSSR count). The smallest absolute Gasteiger partial charge is 0.275 e. The molecule has 38 heavy (non-hydrogen) atoms. The first kappa shape index (κ1) is 27.1. The van der Waals surface area contributed by atoms with Crippen molar-refractivity contribution in [1.29, 1.82) is 0 Å². The van der Waals surface area contributed by atoms with Crippen LogP contribution in [0.2, 0.25) is 0 Å². The molecule has 0 N–H and O–H groups in total. The van der Waals surface area contributed by atoms with Crippen LogP contribution in [0.4, 0.5) is 0 Å². The number of oxazole rings is 1. The standard InChI is InChI=1S/C28H40N4O5S/c1-20-16-24(36-3)17-21(2)27(20)38(34,35)32(23-6-7-23)18-26-29-25(19-37-26)28(33)31-14-9-22(10-15-31)8-13-30-11-4-5-12-30/h16-17,19,22-23H,4-15,18H2,1-3H3. The van der Waals surface area contributed by atoms with Crippen molar-refractivity contribution in [1.82, 2.24) is 19.1 Å². The SMILES string of the molecule is COc1cc(C)c(S(=O)(=O)N(Cc2nc(C(=O)N3CCC(CCN4CCCC4)CC3)co2)C2CC2)c(C)c1. The lowest BCUT2D eigenvalue weighted by molar-refractivity contribution is 0.0676. The van der Waals surface area contributed by atoms with Crippen LogP contribution in [0, 0.1) is 19.8 Å². The van der Waals surface area contributed by atoms with Gasteiger partial charge in [-0.15, -0.1) is 0 Å². The van der Waals surface area contributed by atoms with Crippen LogP contribution in [0.1, 0.15) is 72.5 Å². The first-order valence-corrected chi connectivity index (χ1v) is 15.3. The van der Waals surface area contributed by atoms with E-state index in [-0.39, 0.29) is 30.1 Å². The molecule has 3 aliphatic rings. The van der Waals surface area contributed by atoms with Gasteiger partial charge in [-0.25, -0.2) is 13.4 Å². The number of carbonyl (C=O) groups is 1. The first-order valence-electron chi connectivity index (χ1n) is 13.9. The molecule has 208 valence electrons. The fourth-order valence-electron chi connectivity index (χ4n) is 5.90. The Hall–Kier alpha value is -2.43. The molecule has 0 atom stereocenters. The molecule has 2 saturated heterocycles. The molecule has 1 aliphatic carbocycles. The van der Waals surface area contributed by atoms with Crippen LogP contribution in [-0.4, -0.2) is 79.3 Å². The summed E-state index contributed by atoms with van der Waals surface area (Å²) in [4.78, 5) is 22.3. The van der Waals surface area contributed by atoms with Gasteiger partial charge in [0.15, 0.2) is 5.69 Å². The second-order valence-corrected chi connectivity index (χ2v) is 12.9. The minimum absolute atomic E-state index is 0.00373. The van der Waals surface area contributed by atoms with Gasteiger partial charge in [-0.3, -0.25) is 4.79 Å². The highest BCUT2D eigenvalue weighted by Crippen LogP contribution is 2.36. The lowest BCUT2D eigenvalue weighted by atomic mass is 9.93. The number of hydrogen-bond acceptors (Lipinski definition) is 7. The van der Waals surface area contributed by atoms with Crippen LogP contribution in [0.25, 0.3) is 0 Å². The van der Waals surface area contributed by atoms with Gasteiger partial charge < -0.3 is 19.0 Å². The van der Waals surface area contributed by atoms with E-state index in [2.05, 4.69) is 9.88 Å².